The Morgan fingerprint density at radius 3 is 2.39 bits per heavy atom. The third-order valence-corrected chi connectivity index (χ3v) is 4.68. The number of benzene rings is 1. The summed E-state index contributed by atoms with van der Waals surface area (Å²) in [7, 11) is 0. The standard InChI is InChI=1S/C14H18N2S2/c1-9(2)13-12(8-15)18-14(16-13)10-4-6-11(17-3)7-5-10/h4-7,9H,8,15H2,1-3H3. The molecular weight excluding hydrogens is 260 g/mol. The van der Waals surface area contributed by atoms with Crippen LogP contribution in [0.3, 0.4) is 0 Å². The Morgan fingerprint density at radius 2 is 1.94 bits per heavy atom. The Labute approximate surface area is 117 Å². The van der Waals surface area contributed by atoms with Gasteiger partial charge in [0.1, 0.15) is 5.01 Å². The average Bonchev–Trinajstić information content (AvgIpc) is 2.83. The van der Waals surface area contributed by atoms with Crippen LogP contribution < -0.4 is 5.73 Å². The molecule has 2 nitrogen and oxygen atoms in total. The van der Waals surface area contributed by atoms with Crippen LogP contribution in [0.2, 0.25) is 0 Å². The predicted octanol–water partition coefficient (Wildman–Crippen LogP) is 4.11. The number of aromatic nitrogens is 1. The zero-order chi connectivity index (χ0) is 13.1. The van der Waals surface area contributed by atoms with Gasteiger partial charge >= 0.3 is 0 Å². The van der Waals surface area contributed by atoms with E-state index in [0.29, 0.717) is 12.5 Å². The van der Waals surface area contributed by atoms with E-state index in [1.807, 2.05) is 0 Å². The number of hydrogen-bond donors (Lipinski definition) is 1. The lowest BCUT2D eigenvalue weighted by molar-refractivity contribution is 0.814. The summed E-state index contributed by atoms with van der Waals surface area (Å²) in [4.78, 5) is 7.22. The normalized spacial score (nSPS) is 11.2. The largest absolute Gasteiger partial charge is 0.326 e. The fourth-order valence-electron chi connectivity index (χ4n) is 1.82. The van der Waals surface area contributed by atoms with Crippen molar-refractivity contribution in [3.05, 3.63) is 34.8 Å². The molecule has 1 heterocycles. The molecule has 4 heteroatoms. The van der Waals surface area contributed by atoms with Crippen LogP contribution in [0.15, 0.2) is 29.2 Å². The maximum atomic E-state index is 5.79. The van der Waals surface area contributed by atoms with Crippen molar-refractivity contribution in [2.24, 2.45) is 5.73 Å². The van der Waals surface area contributed by atoms with Gasteiger partial charge in [-0.25, -0.2) is 4.98 Å². The quantitative estimate of drug-likeness (QED) is 0.855. The maximum Gasteiger partial charge on any atom is 0.123 e. The topological polar surface area (TPSA) is 38.9 Å². The Kier molecular flexibility index (Phi) is 4.43. The molecule has 18 heavy (non-hydrogen) atoms. The van der Waals surface area contributed by atoms with Crippen molar-refractivity contribution in [3.8, 4) is 10.6 Å². The molecule has 0 radical (unpaired) electrons. The van der Waals surface area contributed by atoms with E-state index >= 15 is 0 Å². The molecule has 0 bridgehead atoms. The first-order valence-corrected chi connectivity index (χ1v) is 8.04. The summed E-state index contributed by atoms with van der Waals surface area (Å²) in [6.45, 7) is 4.90. The fraction of sp³-hybridized carbons (Fsp3) is 0.357. The third kappa shape index (κ3) is 2.76. The first-order valence-electron chi connectivity index (χ1n) is 5.99. The zero-order valence-electron chi connectivity index (χ0n) is 10.9. The maximum absolute atomic E-state index is 5.79. The number of nitrogens with two attached hydrogens (primary N) is 1. The lowest BCUT2D eigenvalue weighted by Crippen LogP contribution is -1.99. The van der Waals surface area contributed by atoms with Crippen LogP contribution >= 0.6 is 23.1 Å². The Bertz CT molecular complexity index is 515. The van der Waals surface area contributed by atoms with Crippen molar-refractivity contribution >= 4 is 23.1 Å². The molecule has 2 rings (SSSR count). The minimum Gasteiger partial charge on any atom is -0.326 e. The van der Waals surface area contributed by atoms with E-state index in [1.165, 1.54) is 15.3 Å². The molecule has 2 aromatic rings. The van der Waals surface area contributed by atoms with Gasteiger partial charge in [0.2, 0.25) is 0 Å². The molecule has 0 amide bonds. The second-order valence-electron chi connectivity index (χ2n) is 4.41. The highest BCUT2D eigenvalue weighted by Gasteiger charge is 2.13. The molecule has 0 fully saturated rings. The zero-order valence-corrected chi connectivity index (χ0v) is 12.6. The van der Waals surface area contributed by atoms with E-state index in [9.17, 15) is 0 Å². The van der Waals surface area contributed by atoms with Crippen molar-refractivity contribution in [3.63, 3.8) is 0 Å². The van der Waals surface area contributed by atoms with Gasteiger partial charge in [0.25, 0.3) is 0 Å². The van der Waals surface area contributed by atoms with E-state index in [1.54, 1.807) is 23.1 Å². The molecule has 0 aliphatic heterocycles. The van der Waals surface area contributed by atoms with E-state index < -0.39 is 0 Å². The lowest BCUT2D eigenvalue weighted by Gasteiger charge is -2.01. The summed E-state index contributed by atoms with van der Waals surface area (Å²) in [6, 6.07) is 8.54. The van der Waals surface area contributed by atoms with E-state index in [0.717, 1.165) is 10.7 Å². The van der Waals surface area contributed by atoms with Crippen LogP contribution in [0.4, 0.5) is 0 Å². The molecule has 0 unspecified atom stereocenters. The molecule has 1 aromatic carbocycles. The number of thioether (sulfide) groups is 1. The van der Waals surface area contributed by atoms with Gasteiger partial charge < -0.3 is 5.73 Å². The van der Waals surface area contributed by atoms with Crippen LogP contribution in [-0.2, 0) is 6.54 Å². The summed E-state index contributed by atoms with van der Waals surface area (Å²) in [5.41, 5.74) is 8.12. The SMILES string of the molecule is CSc1ccc(-c2nc(C(C)C)c(CN)s2)cc1. The highest BCUT2D eigenvalue weighted by molar-refractivity contribution is 7.98. The molecule has 0 aliphatic rings. The summed E-state index contributed by atoms with van der Waals surface area (Å²) in [5, 5.41) is 1.08. The van der Waals surface area contributed by atoms with Gasteiger partial charge in [-0.15, -0.1) is 23.1 Å². The third-order valence-electron chi connectivity index (χ3n) is 2.80. The van der Waals surface area contributed by atoms with Gasteiger partial charge in [0.05, 0.1) is 5.69 Å². The molecule has 0 aliphatic carbocycles. The van der Waals surface area contributed by atoms with Crippen LogP contribution in [0.25, 0.3) is 10.6 Å². The molecule has 0 saturated heterocycles. The smallest absolute Gasteiger partial charge is 0.123 e. The molecule has 0 spiro atoms. The molecule has 0 saturated carbocycles. The first kappa shape index (κ1) is 13.6. The summed E-state index contributed by atoms with van der Waals surface area (Å²) < 4.78 is 0. The number of nitrogens with zero attached hydrogens (tertiary/aromatic N) is 1. The van der Waals surface area contributed by atoms with Gasteiger partial charge in [-0.1, -0.05) is 26.0 Å². The van der Waals surface area contributed by atoms with Gasteiger partial charge in [-0.3, -0.25) is 0 Å². The van der Waals surface area contributed by atoms with E-state index in [2.05, 4.69) is 44.4 Å². The molecule has 96 valence electrons. The van der Waals surface area contributed by atoms with Gasteiger partial charge in [0, 0.05) is 21.9 Å². The van der Waals surface area contributed by atoms with Crippen molar-refractivity contribution in [1.82, 2.24) is 4.98 Å². The first-order chi connectivity index (χ1) is 8.65. The Balaban J connectivity index is 2.37. The summed E-state index contributed by atoms with van der Waals surface area (Å²) in [6.07, 6.45) is 2.09. The molecule has 0 atom stereocenters. The minimum atomic E-state index is 0.430. The van der Waals surface area contributed by atoms with Crippen LogP contribution in [-0.4, -0.2) is 11.2 Å². The van der Waals surface area contributed by atoms with Gasteiger partial charge in [-0.05, 0) is 24.3 Å². The Hall–Kier alpha value is -0.840. The predicted molar refractivity (Wildman–Crippen MR) is 81.3 cm³/mol. The van der Waals surface area contributed by atoms with Crippen molar-refractivity contribution in [2.45, 2.75) is 31.2 Å². The summed E-state index contributed by atoms with van der Waals surface area (Å²) >= 11 is 3.46. The van der Waals surface area contributed by atoms with Crippen LogP contribution in [0.1, 0.15) is 30.3 Å². The van der Waals surface area contributed by atoms with Crippen LogP contribution in [0.5, 0.6) is 0 Å². The summed E-state index contributed by atoms with van der Waals surface area (Å²) in [5.74, 6) is 0.430. The minimum absolute atomic E-state index is 0.430. The second kappa shape index (κ2) is 5.87. The highest BCUT2D eigenvalue weighted by Crippen LogP contribution is 2.32. The number of thiazole rings is 1. The molecule has 2 N–H and O–H groups in total. The fourth-order valence-corrected chi connectivity index (χ4v) is 3.33. The van der Waals surface area contributed by atoms with E-state index in [-0.39, 0.29) is 0 Å². The second-order valence-corrected chi connectivity index (χ2v) is 6.38. The van der Waals surface area contributed by atoms with E-state index in [4.69, 9.17) is 10.7 Å². The molecule has 1 aromatic heterocycles. The number of rotatable bonds is 4. The lowest BCUT2D eigenvalue weighted by atomic mass is 10.1. The Morgan fingerprint density at radius 1 is 1.28 bits per heavy atom. The monoisotopic (exact) mass is 278 g/mol. The van der Waals surface area contributed by atoms with Crippen molar-refractivity contribution in [1.29, 1.82) is 0 Å². The van der Waals surface area contributed by atoms with Crippen LogP contribution in [0, 0.1) is 0 Å². The van der Waals surface area contributed by atoms with Gasteiger partial charge in [0.15, 0.2) is 0 Å². The highest BCUT2D eigenvalue weighted by atomic mass is 32.2. The molecular formula is C14H18N2S2. The van der Waals surface area contributed by atoms with Gasteiger partial charge in [-0.2, -0.15) is 0 Å². The average molecular weight is 278 g/mol. The number of hydrogen-bond acceptors (Lipinski definition) is 4. The van der Waals surface area contributed by atoms with Crippen molar-refractivity contribution < 1.29 is 0 Å². The van der Waals surface area contributed by atoms with Crippen molar-refractivity contribution in [2.75, 3.05) is 6.26 Å².